The van der Waals surface area contributed by atoms with Crippen LogP contribution in [0.4, 0.5) is 5.69 Å². The van der Waals surface area contributed by atoms with Crippen molar-refractivity contribution >= 4 is 34.8 Å². The first-order valence-corrected chi connectivity index (χ1v) is 6.88. The highest BCUT2D eigenvalue weighted by Gasteiger charge is 2.09. The number of aromatic hydroxyl groups is 1. The molecule has 0 unspecified atom stereocenters. The molecule has 0 aliphatic rings. The average molecular weight is 326 g/mol. The van der Waals surface area contributed by atoms with Crippen LogP contribution < -0.4 is 10.1 Å². The van der Waals surface area contributed by atoms with Crippen LogP contribution in [0.2, 0.25) is 10.0 Å². The summed E-state index contributed by atoms with van der Waals surface area (Å²) in [5, 5.41) is 13.1. The third kappa shape index (κ3) is 4.28. The lowest BCUT2D eigenvalue weighted by Crippen LogP contribution is -2.20. The minimum Gasteiger partial charge on any atom is -0.506 e. The van der Waals surface area contributed by atoms with Gasteiger partial charge in [0.05, 0.1) is 10.7 Å². The fourth-order valence-corrected chi connectivity index (χ4v) is 2.13. The summed E-state index contributed by atoms with van der Waals surface area (Å²) in [6, 6.07) is 9.70. The van der Waals surface area contributed by atoms with Crippen LogP contribution in [0.15, 0.2) is 36.4 Å². The molecule has 1 amide bonds. The molecule has 110 valence electrons. The van der Waals surface area contributed by atoms with Gasteiger partial charge in [-0.1, -0.05) is 29.3 Å². The number of nitrogens with one attached hydrogen (secondary N) is 1. The lowest BCUT2D eigenvalue weighted by molar-refractivity contribution is -0.118. The molecular formula is C15H13Cl2NO3. The summed E-state index contributed by atoms with van der Waals surface area (Å²) < 4.78 is 5.31. The van der Waals surface area contributed by atoms with Gasteiger partial charge >= 0.3 is 0 Å². The number of rotatable bonds is 4. The van der Waals surface area contributed by atoms with Gasteiger partial charge in [-0.05, 0) is 42.8 Å². The first-order valence-electron chi connectivity index (χ1n) is 6.13. The molecule has 2 N–H and O–H groups in total. The molecule has 0 fully saturated rings. The van der Waals surface area contributed by atoms with Crippen molar-refractivity contribution in [3.05, 3.63) is 52.0 Å². The first-order chi connectivity index (χ1) is 9.95. The van der Waals surface area contributed by atoms with Crippen LogP contribution in [0.1, 0.15) is 5.56 Å². The fraction of sp³-hybridized carbons (Fsp3) is 0.133. The summed E-state index contributed by atoms with van der Waals surface area (Å²) in [5.41, 5.74) is 1.23. The molecule has 0 bridgehead atoms. The molecule has 21 heavy (non-hydrogen) atoms. The molecular weight excluding hydrogens is 313 g/mol. The van der Waals surface area contributed by atoms with Gasteiger partial charge in [0.15, 0.2) is 6.61 Å². The second-order valence-corrected chi connectivity index (χ2v) is 5.28. The molecule has 0 saturated carbocycles. The first kappa shape index (κ1) is 15.5. The zero-order valence-corrected chi connectivity index (χ0v) is 12.7. The largest absolute Gasteiger partial charge is 0.506 e. The van der Waals surface area contributed by atoms with E-state index in [4.69, 9.17) is 27.9 Å². The van der Waals surface area contributed by atoms with Gasteiger partial charge in [0.1, 0.15) is 11.5 Å². The summed E-state index contributed by atoms with van der Waals surface area (Å²) >= 11 is 11.7. The normalized spacial score (nSPS) is 10.2. The smallest absolute Gasteiger partial charge is 0.262 e. The van der Waals surface area contributed by atoms with Gasteiger partial charge in [0.25, 0.3) is 5.91 Å². The number of hydrogen-bond donors (Lipinski definition) is 2. The minimum absolute atomic E-state index is 0.00729. The van der Waals surface area contributed by atoms with Crippen molar-refractivity contribution in [2.75, 3.05) is 11.9 Å². The standard InChI is InChI=1S/C15H13Cl2NO3/c1-9-2-4-12(13(19)6-9)18-15(20)8-21-14-5-3-10(16)7-11(14)17/h2-7,19H,8H2,1H3,(H,18,20). The Balaban J connectivity index is 1.96. The van der Waals surface area contributed by atoms with Crippen LogP contribution in [0, 0.1) is 6.92 Å². The van der Waals surface area contributed by atoms with Crippen molar-refractivity contribution < 1.29 is 14.6 Å². The summed E-state index contributed by atoms with van der Waals surface area (Å²) in [6.07, 6.45) is 0. The predicted octanol–water partition coefficient (Wildman–Crippen LogP) is 4.02. The maximum absolute atomic E-state index is 11.8. The average Bonchev–Trinajstić information content (AvgIpc) is 2.41. The number of hydrogen-bond acceptors (Lipinski definition) is 3. The van der Waals surface area contributed by atoms with E-state index < -0.39 is 5.91 Å². The molecule has 0 spiro atoms. The van der Waals surface area contributed by atoms with E-state index in [-0.39, 0.29) is 12.4 Å². The Morgan fingerprint density at radius 2 is 2.00 bits per heavy atom. The van der Waals surface area contributed by atoms with Crippen molar-refractivity contribution in [1.29, 1.82) is 0 Å². The molecule has 4 nitrogen and oxygen atoms in total. The minimum atomic E-state index is -0.403. The van der Waals surface area contributed by atoms with Crippen LogP contribution in [0.25, 0.3) is 0 Å². The summed E-state index contributed by atoms with van der Waals surface area (Å²) in [7, 11) is 0. The van der Waals surface area contributed by atoms with Gasteiger partial charge in [-0.15, -0.1) is 0 Å². The number of carbonyl (C=O) groups is 1. The molecule has 2 rings (SSSR count). The molecule has 2 aromatic rings. The van der Waals surface area contributed by atoms with Gasteiger partial charge in [-0.3, -0.25) is 4.79 Å². The third-order valence-corrected chi connectivity index (χ3v) is 3.21. The van der Waals surface area contributed by atoms with Crippen molar-refractivity contribution in [2.45, 2.75) is 6.92 Å². The summed E-state index contributed by atoms with van der Waals surface area (Å²) in [6.45, 7) is 1.62. The maximum Gasteiger partial charge on any atom is 0.262 e. The Morgan fingerprint density at radius 1 is 1.24 bits per heavy atom. The van der Waals surface area contributed by atoms with E-state index in [1.807, 2.05) is 6.92 Å². The van der Waals surface area contributed by atoms with Crippen LogP contribution in [0.5, 0.6) is 11.5 Å². The van der Waals surface area contributed by atoms with E-state index in [0.29, 0.717) is 21.5 Å². The van der Waals surface area contributed by atoms with Crippen molar-refractivity contribution in [3.8, 4) is 11.5 Å². The van der Waals surface area contributed by atoms with E-state index >= 15 is 0 Å². The topological polar surface area (TPSA) is 58.6 Å². The van der Waals surface area contributed by atoms with Crippen molar-refractivity contribution in [1.82, 2.24) is 0 Å². The van der Waals surface area contributed by atoms with Gasteiger partial charge in [0.2, 0.25) is 0 Å². The van der Waals surface area contributed by atoms with Crippen LogP contribution in [-0.4, -0.2) is 17.6 Å². The number of aryl methyl sites for hydroxylation is 1. The van der Waals surface area contributed by atoms with E-state index in [1.54, 1.807) is 30.3 Å². The number of ether oxygens (including phenoxy) is 1. The molecule has 6 heteroatoms. The van der Waals surface area contributed by atoms with E-state index in [0.717, 1.165) is 5.56 Å². The molecule has 0 atom stereocenters. The Bertz CT molecular complexity index is 674. The number of phenols is 1. The highest BCUT2D eigenvalue weighted by molar-refractivity contribution is 6.35. The Labute approximate surface area is 132 Å². The number of anilines is 1. The Morgan fingerprint density at radius 3 is 2.67 bits per heavy atom. The van der Waals surface area contributed by atoms with Crippen LogP contribution >= 0.6 is 23.2 Å². The predicted molar refractivity (Wildman–Crippen MR) is 83.4 cm³/mol. The van der Waals surface area contributed by atoms with Crippen molar-refractivity contribution in [2.24, 2.45) is 0 Å². The zero-order valence-electron chi connectivity index (χ0n) is 11.2. The molecule has 0 radical (unpaired) electrons. The second-order valence-electron chi connectivity index (χ2n) is 4.43. The summed E-state index contributed by atoms with van der Waals surface area (Å²) in [5.74, 6) is -0.0302. The number of amides is 1. The monoisotopic (exact) mass is 325 g/mol. The van der Waals surface area contributed by atoms with Gasteiger partial charge < -0.3 is 15.2 Å². The zero-order chi connectivity index (χ0) is 15.4. The van der Waals surface area contributed by atoms with E-state index in [1.165, 1.54) is 6.07 Å². The third-order valence-electron chi connectivity index (χ3n) is 2.68. The van der Waals surface area contributed by atoms with Crippen LogP contribution in [0.3, 0.4) is 0 Å². The molecule has 0 aliphatic heterocycles. The molecule has 0 aliphatic carbocycles. The molecule has 0 aromatic heterocycles. The Kier molecular flexibility index (Phi) is 4.94. The summed E-state index contributed by atoms with van der Waals surface area (Å²) in [4.78, 5) is 11.8. The lowest BCUT2D eigenvalue weighted by Gasteiger charge is -2.10. The maximum atomic E-state index is 11.8. The van der Waals surface area contributed by atoms with Gasteiger partial charge in [-0.25, -0.2) is 0 Å². The van der Waals surface area contributed by atoms with E-state index in [9.17, 15) is 9.90 Å². The number of benzene rings is 2. The lowest BCUT2D eigenvalue weighted by atomic mass is 10.2. The molecule has 0 heterocycles. The van der Waals surface area contributed by atoms with E-state index in [2.05, 4.69) is 5.32 Å². The Hall–Kier alpha value is -1.91. The second kappa shape index (κ2) is 6.70. The highest BCUT2D eigenvalue weighted by atomic mass is 35.5. The number of phenolic OH excluding ortho intramolecular Hbond substituents is 1. The van der Waals surface area contributed by atoms with Gasteiger partial charge in [-0.2, -0.15) is 0 Å². The SMILES string of the molecule is Cc1ccc(NC(=O)COc2ccc(Cl)cc2Cl)c(O)c1. The highest BCUT2D eigenvalue weighted by Crippen LogP contribution is 2.28. The number of carbonyl (C=O) groups excluding carboxylic acids is 1. The molecule has 2 aromatic carbocycles. The van der Waals surface area contributed by atoms with Gasteiger partial charge in [0, 0.05) is 5.02 Å². The molecule has 0 saturated heterocycles. The van der Waals surface area contributed by atoms with Crippen molar-refractivity contribution in [3.63, 3.8) is 0 Å². The fourth-order valence-electron chi connectivity index (χ4n) is 1.67. The number of halogens is 2. The van der Waals surface area contributed by atoms with Crippen LogP contribution in [-0.2, 0) is 4.79 Å². The quantitative estimate of drug-likeness (QED) is 0.834.